The molecular formula is C10H10BrClOS. The van der Waals surface area contributed by atoms with Crippen molar-refractivity contribution >= 4 is 45.9 Å². The molecule has 1 atom stereocenters. The molecule has 0 aromatic heterocycles. The summed E-state index contributed by atoms with van der Waals surface area (Å²) in [7, 11) is 0. The lowest BCUT2D eigenvalue weighted by atomic mass is 10.0. The molecule has 0 saturated carbocycles. The Bertz CT molecular complexity index is 352. The molecule has 0 saturated heterocycles. The first-order valence-electron chi connectivity index (χ1n) is 4.13. The van der Waals surface area contributed by atoms with Gasteiger partial charge in [0, 0.05) is 15.8 Å². The molecule has 1 aromatic rings. The second-order valence-electron chi connectivity index (χ2n) is 2.92. The number of thiol groups is 1. The zero-order valence-electron chi connectivity index (χ0n) is 7.63. The van der Waals surface area contributed by atoms with Gasteiger partial charge in [-0.05, 0) is 18.6 Å². The van der Waals surface area contributed by atoms with E-state index < -0.39 is 5.38 Å². The van der Waals surface area contributed by atoms with Crippen LogP contribution in [0, 0.1) is 0 Å². The molecule has 0 fully saturated rings. The molecule has 0 radical (unpaired) electrons. The Balaban J connectivity index is 3.20. The SMILES string of the molecule is CC(Cl)C(=O)c1cccc(S)c1CBr. The molecule has 0 bridgehead atoms. The van der Waals surface area contributed by atoms with Crippen LogP contribution in [0.3, 0.4) is 0 Å². The van der Waals surface area contributed by atoms with Crippen LogP contribution in [0.1, 0.15) is 22.8 Å². The normalized spacial score (nSPS) is 12.6. The highest BCUT2D eigenvalue weighted by Gasteiger charge is 2.16. The minimum absolute atomic E-state index is 0.0583. The highest BCUT2D eigenvalue weighted by molar-refractivity contribution is 9.08. The van der Waals surface area contributed by atoms with E-state index in [1.165, 1.54) is 0 Å². The molecule has 0 aliphatic rings. The van der Waals surface area contributed by atoms with Gasteiger partial charge in [-0.25, -0.2) is 0 Å². The second-order valence-corrected chi connectivity index (χ2v) is 4.61. The van der Waals surface area contributed by atoms with E-state index in [0.717, 1.165) is 10.5 Å². The summed E-state index contributed by atoms with van der Waals surface area (Å²) in [6.45, 7) is 1.67. The molecule has 0 N–H and O–H groups in total. The summed E-state index contributed by atoms with van der Waals surface area (Å²) >= 11 is 13.4. The van der Waals surface area contributed by atoms with Crippen molar-refractivity contribution in [1.82, 2.24) is 0 Å². The van der Waals surface area contributed by atoms with Gasteiger partial charge < -0.3 is 0 Å². The zero-order chi connectivity index (χ0) is 10.7. The molecule has 14 heavy (non-hydrogen) atoms. The molecule has 0 heterocycles. The lowest BCUT2D eigenvalue weighted by Gasteiger charge is -2.09. The van der Waals surface area contributed by atoms with Gasteiger partial charge in [0.1, 0.15) is 0 Å². The quantitative estimate of drug-likeness (QED) is 0.511. The summed E-state index contributed by atoms with van der Waals surface area (Å²) in [6, 6.07) is 5.44. The van der Waals surface area contributed by atoms with Gasteiger partial charge in [-0.15, -0.1) is 24.2 Å². The van der Waals surface area contributed by atoms with Crippen LogP contribution in [0.25, 0.3) is 0 Å². The Labute approximate surface area is 102 Å². The number of benzene rings is 1. The summed E-state index contributed by atoms with van der Waals surface area (Å²) in [6.07, 6.45) is 0. The maximum atomic E-state index is 11.7. The molecule has 4 heteroatoms. The maximum Gasteiger partial charge on any atom is 0.180 e. The minimum Gasteiger partial charge on any atom is -0.293 e. The Morgan fingerprint density at radius 1 is 1.64 bits per heavy atom. The highest BCUT2D eigenvalue weighted by Crippen LogP contribution is 2.23. The minimum atomic E-state index is -0.497. The monoisotopic (exact) mass is 292 g/mol. The van der Waals surface area contributed by atoms with Crippen LogP contribution < -0.4 is 0 Å². The fourth-order valence-electron chi connectivity index (χ4n) is 1.16. The fourth-order valence-corrected chi connectivity index (χ4v) is 2.38. The number of hydrogen-bond acceptors (Lipinski definition) is 2. The van der Waals surface area contributed by atoms with Gasteiger partial charge in [0.25, 0.3) is 0 Å². The summed E-state index contributed by atoms with van der Waals surface area (Å²) in [5.41, 5.74) is 1.55. The van der Waals surface area contributed by atoms with Gasteiger partial charge >= 0.3 is 0 Å². The van der Waals surface area contributed by atoms with Crippen molar-refractivity contribution in [3.05, 3.63) is 29.3 Å². The lowest BCUT2D eigenvalue weighted by Crippen LogP contribution is -2.12. The average molecular weight is 294 g/mol. The number of halogens is 2. The van der Waals surface area contributed by atoms with Crippen molar-refractivity contribution in [3.8, 4) is 0 Å². The summed E-state index contributed by atoms with van der Waals surface area (Å²) in [4.78, 5) is 12.5. The van der Waals surface area contributed by atoms with Gasteiger partial charge in [0.2, 0.25) is 0 Å². The Hall–Kier alpha value is 0.01000. The van der Waals surface area contributed by atoms with Crippen molar-refractivity contribution in [3.63, 3.8) is 0 Å². The molecule has 76 valence electrons. The highest BCUT2D eigenvalue weighted by atomic mass is 79.9. The first kappa shape index (κ1) is 12.1. The average Bonchev–Trinajstić information content (AvgIpc) is 2.16. The first-order valence-corrected chi connectivity index (χ1v) is 6.13. The topological polar surface area (TPSA) is 17.1 Å². The molecule has 1 rings (SSSR count). The predicted octanol–water partition coefficient (Wildman–Crippen LogP) is 3.68. The predicted molar refractivity (Wildman–Crippen MR) is 66.0 cm³/mol. The molecular weight excluding hydrogens is 284 g/mol. The third-order valence-corrected chi connectivity index (χ3v) is 3.09. The number of ketones is 1. The Morgan fingerprint density at radius 3 is 2.79 bits per heavy atom. The molecule has 0 aliphatic heterocycles. The third-order valence-electron chi connectivity index (χ3n) is 1.91. The summed E-state index contributed by atoms with van der Waals surface area (Å²) < 4.78 is 0. The van der Waals surface area contributed by atoms with Crippen LogP contribution >= 0.6 is 40.2 Å². The lowest BCUT2D eigenvalue weighted by molar-refractivity contribution is 0.0991. The molecule has 1 aromatic carbocycles. The van der Waals surface area contributed by atoms with E-state index in [9.17, 15) is 4.79 Å². The molecule has 0 aliphatic carbocycles. The van der Waals surface area contributed by atoms with Crippen molar-refractivity contribution in [1.29, 1.82) is 0 Å². The van der Waals surface area contributed by atoms with Gasteiger partial charge in [0.15, 0.2) is 5.78 Å². The standard InChI is InChI=1S/C10H10BrClOS/c1-6(12)10(13)7-3-2-4-9(14)8(7)5-11/h2-4,6,14H,5H2,1H3. The number of alkyl halides is 2. The Morgan fingerprint density at radius 2 is 2.29 bits per heavy atom. The van der Waals surface area contributed by atoms with Gasteiger partial charge in [-0.1, -0.05) is 28.1 Å². The maximum absolute atomic E-state index is 11.7. The van der Waals surface area contributed by atoms with Crippen molar-refractivity contribution in [2.24, 2.45) is 0 Å². The second kappa shape index (κ2) is 5.19. The number of carbonyl (C=O) groups is 1. The van der Waals surface area contributed by atoms with E-state index >= 15 is 0 Å². The number of rotatable bonds is 3. The Kier molecular flexibility index (Phi) is 4.48. The number of Topliss-reactive ketones (excluding diaryl/α,β-unsaturated/α-hetero) is 1. The van der Waals surface area contributed by atoms with Gasteiger partial charge in [0.05, 0.1) is 5.38 Å². The van der Waals surface area contributed by atoms with Crippen LogP contribution in [-0.4, -0.2) is 11.2 Å². The van der Waals surface area contributed by atoms with Gasteiger partial charge in [-0.2, -0.15) is 0 Å². The van der Waals surface area contributed by atoms with Gasteiger partial charge in [-0.3, -0.25) is 4.79 Å². The van der Waals surface area contributed by atoms with E-state index in [0.29, 0.717) is 10.9 Å². The first-order chi connectivity index (χ1) is 6.57. The molecule has 0 spiro atoms. The van der Waals surface area contributed by atoms with Crippen LogP contribution in [0.5, 0.6) is 0 Å². The van der Waals surface area contributed by atoms with Crippen molar-refractivity contribution < 1.29 is 4.79 Å². The number of hydrogen-bond donors (Lipinski definition) is 1. The third kappa shape index (κ3) is 2.53. The smallest absolute Gasteiger partial charge is 0.180 e. The van der Waals surface area contributed by atoms with E-state index in [1.807, 2.05) is 6.07 Å². The van der Waals surface area contributed by atoms with E-state index in [-0.39, 0.29) is 5.78 Å². The van der Waals surface area contributed by atoms with Crippen LogP contribution in [0.2, 0.25) is 0 Å². The van der Waals surface area contributed by atoms with Crippen molar-refractivity contribution in [2.75, 3.05) is 0 Å². The fraction of sp³-hybridized carbons (Fsp3) is 0.300. The largest absolute Gasteiger partial charge is 0.293 e. The van der Waals surface area contributed by atoms with Crippen LogP contribution in [0.4, 0.5) is 0 Å². The van der Waals surface area contributed by atoms with E-state index in [1.54, 1.807) is 19.1 Å². The molecule has 0 amide bonds. The molecule has 1 nitrogen and oxygen atoms in total. The summed E-state index contributed by atoms with van der Waals surface area (Å²) in [5.74, 6) is -0.0583. The van der Waals surface area contributed by atoms with E-state index in [4.69, 9.17) is 11.6 Å². The van der Waals surface area contributed by atoms with Crippen molar-refractivity contribution in [2.45, 2.75) is 22.5 Å². The van der Waals surface area contributed by atoms with Crippen LogP contribution in [-0.2, 0) is 5.33 Å². The van der Waals surface area contributed by atoms with Crippen LogP contribution in [0.15, 0.2) is 23.1 Å². The molecule has 1 unspecified atom stereocenters. The van der Waals surface area contributed by atoms with E-state index in [2.05, 4.69) is 28.6 Å². The zero-order valence-corrected chi connectivity index (χ0v) is 10.9. The summed E-state index contributed by atoms with van der Waals surface area (Å²) in [5, 5.41) is 0.111. The number of carbonyl (C=O) groups excluding carboxylic acids is 1.